The molecule has 0 amide bonds. The molecule has 0 spiro atoms. The summed E-state index contributed by atoms with van der Waals surface area (Å²) in [6.45, 7) is 3.14. The molecule has 0 unspecified atom stereocenters. The Hall–Kier alpha value is -0.960. The fourth-order valence-corrected chi connectivity index (χ4v) is 2.22. The normalized spacial score (nSPS) is 24.2. The molecule has 0 radical (unpaired) electrons. The van der Waals surface area contributed by atoms with Crippen LogP contribution in [0.5, 0.6) is 0 Å². The van der Waals surface area contributed by atoms with Gasteiger partial charge in [-0.3, -0.25) is 0 Å². The molecule has 0 saturated heterocycles. The molecule has 2 rings (SSSR count). The summed E-state index contributed by atoms with van der Waals surface area (Å²) in [6, 6.07) is 4.40. The summed E-state index contributed by atoms with van der Waals surface area (Å²) in [6.07, 6.45) is 3.04. The zero-order chi connectivity index (χ0) is 11.5. The third-order valence-corrected chi connectivity index (χ3v) is 3.22. The Morgan fingerprint density at radius 2 is 2.06 bits per heavy atom. The Balaban J connectivity index is 1.91. The number of rotatable bonds is 4. The lowest BCUT2D eigenvalue weighted by Gasteiger charge is -2.36. The van der Waals surface area contributed by atoms with Crippen molar-refractivity contribution < 1.29 is 8.78 Å². The number of nitrogens with one attached hydrogen (secondary N) is 1. The van der Waals surface area contributed by atoms with E-state index < -0.39 is 11.6 Å². The van der Waals surface area contributed by atoms with Crippen LogP contribution in [0.4, 0.5) is 8.78 Å². The summed E-state index contributed by atoms with van der Waals surface area (Å²) in [4.78, 5) is 0. The lowest BCUT2D eigenvalue weighted by Crippen LogP contribution is -2.40. The molecule has 1 N–H and O–H groups in total. The fourth-order valence-electron chi connectivity index (χ4n) is 2.22. The predicted octanol–water partition coefficient (Wildman–Crippen LogP) is 3.21. The number of hydrogen-bond donors (Lipinski definition) is 1. The van der Waals surface area contributed by atoms with Gasteiger partial charge in [0.2, 0.25) is 0 Å². The zero-order valence-electron chi connectivity index (χ0n) is 9.47. The van der Waals surface area contributed by atoms with E-state index in [-0.39, 0.29) is 5.92 Å². The van der Waals surface area contributed by atoms with Gasteiger partial charge in [0.1, 0.15) is 11.6 Å². The average Bonchev–Trinajstić information content (AvgIpc) is 2.18. The van der Waals surface area contributed by atoms with Crippen LogP contribution in [0.3, 0.4) is 0 Å². The van der Waals surface area contributed by atoms with Crippen LogP contribution >= 0.6 is 0 Å². The van der Waals surface area contributed by atoms with Gasteiger partial charge in [0.05, 0.1) is 0 Å². The molecule has 0 heterocycles. The van der Waals surface area contributed by atoms with E-state index in [1.165, 1.54) is 6.07 Å². The van der Waals surface area contributed by atoms with Crippen molar-refractivity contribution in [3.05, 3.63) is 35.4 Å². The van der Waals surface area contributed by atoms with Crippen LogP contribution in [0.15, 0.2) is 18.2 Å². The summed E-state index contributed by atoms with van der Waals surface area (Å²) < 4.78 is 26.2. The third-order valence-electron chi connectivity index (χ3n) is 3.22. The summed E-state index contributed by atoms with van der Waals surface area (Å²) in [7, 11) is 0. The second kappa shape index (κ2) is 4.91. The van der Waals surface area contributed by atoms with Crippen molar-refractivity contribution in [3.8, 4) is 0 Å². The van der Waals surface area contributed by atoms with Crippen molar-refractivity contribution in [2.45, 2.75) is 38.1 Å². The smallest absolute Gasteiger partial charge is 0.129 e. The first-order valence-electron chi connectivity index (χ1n) is 5.89. The van der Waals surface area contributed by atoms with Gasteiger partial charge in [0, 0.05) is 12.1 Å². The molecule has 0 bridgehead atoms. The second-order valence-electron chi connectivity index (χ2n) is 4.49. The van der Waals surface area contributed by atoms with Gasteiger partial charge >= 0.3 is 0 Å². The monoisotopic (exact) mass is 225 g/mol. The van der Waals surface area contributed by atoms with Gasteiger partial charge in [-0.05, 0) is 43.4 Å². The standard InChI is InChI=1S/C13H17F2N/c1-2-5-16-11-6-9(7-11)12-4-3-10(14)8-13(12)15/h3-4,8-9,11,16H,2,5-7H2,1H3. The minimum atomic E-state index is -0.499. The minimum absolute atomic E-state index is 0.259. The van der Waals surface area contributed by atoms with Gasteiger partial charge in [0.25, 0.3) is 0 Å². The second-order valence-corrected chi connectivity index (χ2v) is 4.49. The summed E-state index contributed by atoms with van der Waals surface area (Å²) in [5.74, 6) is -0.643. The maximum atomic E-state index is 13.4. The van der Waals surface area contributed by atoms with Crippen molar-refractivity contribution in [1.29, 1.82) is 0 Å². The van der Waals surface area contributed by atoms with Crippen molar-refractivity contribution in [3.63, 3.8) is 0 Å². The Labute approximate surface area is 94.9 Å². The predicted molar refractivity (Wildman–Crippen MR) is 60.4 cm³/mol. The molecular weight excluding hydrogens is 208 g/mol. The van der Waals surface area contributed by atoms with E-state index in [1.54, 1.807) is 6.07 Å². The SMILES string of the molecule is CCCNC1CC(c2ccc(F)cc2F)C1. The molecule has 1 fully saturated rings. The molecule has 1 aliphatic rings. The van der Waals surface area contributed by atoms with Crippen LogP contribution in [-0.4, -0.2) is 12.6 Å². The first-order valence-corrected chi connectivity index (χ1v) is 5.89. The molecule has 0 aliphatic heterocycles. The minimum Gasteiger partial charge on any atom is -0.314 e. The quantitative estimate of drug-likeness (QED) is 0.829. The summed E-state index contributed by atoms with van der Waals surface area (Å²) >= 11 is 0. The van der Waals surface area contributed by atoms with Crippen molar-refractivity contribution in [2.24, 2.45) is 0 Å². The highest BCUT2D eigenvalue weighted by molar-refractivity contribution is 5.25. The molecule has 1 aromatic rings. The van der Waals surface area contributed by atoms with Crippen molar-refractivity contribution >= 4 is 0 Å². The molecule has 1 nitrogen and oxygen atoms in total. The summed E-state index contributed by atoms with van der Waals surface area (Å²) in [5, 5.41) is 3.40. The van der Waals surface area contributed by atoms with E-state index in [4.69, 9.17) is 0 Å². The van der Waals surface area contributed by atoms with Gasteiger partial charge in [-0.1, -0.05) is 13.0 Å². The number of halogens is 2. The molecule has 0 aromatic heterocycles. The van der Waals surface area contributed by atoms with Gasteiger partial charge < -0.3 is 5.32 Å². The highest BCUT2D eigenvalue weighted by Gasteiger charge is 2.31. The van der Waals surface area contributed by atoms with Crippen LogP contribution in [0, 0.1) is 11.6 Å². The number of benzene rings is 1. The highest BCUT2D eigenvalue weighted by Crippen LogP contribution is 2.38. The van der Waals surface area contributed by atoms with Gasteiger partial charge in [-0.2, -0.15) is 0 Å². The van der Waals surface area contributed by atoms with Gasteiger partial charge in [0.15, 0.2) is 0 Å². The van der Waals surface area contributed by atoms with Crippen LogP contribution in [0.25, 0.3) is 0 Å². The van der Waals surface area contributed by atoms with E-state index in [0.717, 1.165) is 31.9 Å². The van der Waals surface area contributed by atoms with E-state index in [0.29, 0.717) is 11.6 Å². The van der Waals surface area contributed by atoms with Crippen LogP contribution in [-0.2, 0) is 0 Å². The molecule has 0 atom stereocenters. The first-order chi connectivity index (χ1) is 7.70. The zero-order valence-corrected chi connectivity index (χ0v) is 9.47. The Morgan fingerprint density at radius 3 is 2.69 bits per heavy atom. The topological polar surface area (TPSA) is 12.0 Å². The average molecular weight is 225 g/mol. The van der Waals surface area contributed by atoms with Crippen LogP contribution < -0.4 is 5.32 Å². The Kier molecular flexibility index (Phi) is 3.54. The maximum absolute atomic E-state index is 13.4. The Morgan fingerprint density at radius 1 is 1.31 bits per heavy atom. The third kappa shape index (κ3) is 2.40. The fraction of sp³-hybridized carbons (Fsp3) is 0.538. The van der Waals surface area contributed by atoms with Gasteiger partial charge in [-0.25, -0.2) is 8.78 Å². The molecular formula is C13H17F2N. The summed E-state index contributed by atoms with van der Waals surface area (Å²) in [5.41, 5.74) is 0.663. The van der Waals surface area contributed by atoms with E-state index in [1.807, 2.05) is 0 Å². The molecule has 1 aromatic carbocycles. The molecule has 1 saturated carbocycles. The van der Waals surface area contributed by atoms with Crippen molar-refractivity contribution in [1.82, 2.24) is 5.32 Å². The molecule has 3 heteroatoms. The Bertz CT molecular complexity index is 359. The van der Waals surface area contributed by atoms with Crippen LogP contribution in [0.2, 0.25) is 0 Å². The lowest BCUT2D eigenvalue weighted by molar-refractivity contribution is 0.286. The molecule has 16 heavy (non-hydrogen) atoms. The van der Waals surface area contributed by atoms with E-state index >= 15 is 0 Å². The van der Waals surface area contributed by atoms with Gasteiger partial charge in [-0.15, -0.1) is 0 Å². The molecule has 88 valence electrons. The lowest BCUT2D eigenvalue weighted by atomic mass is 9.75. The first kappa shape index (κ1) is 11.5. The molecule has 1 aliphatic carbocycles. The highest BCUT2D eigenvalue weighted by atomic mass is 19.1. The van der Waals surface area contributed by atoms with E-state index in [2.05, 4.69) is 12.2 Å². The number of hydrogen-bond acceptors (Lipinski definition) is 1. The van der Waals surface area contributed by atoms with Crippen molar-refractivity contribution in [2.75, 3.05) is 6.54 Å². The largest absolute Gasteiger partial charge is 0.314 e. The van der Waals surface area contributed by atoms with Crippen LogP contribution in [0.1, 0.15) is 37.7 Å². The maximum Gasteiger partial charge on any atom is 0.129 e. The van der Waals surface area contributed by atoms with E-state index in [9.17, 15) is 8.78 Å².